The van der Waals surface area contributed by atoms with Crippen LogP contribution in [-0.4, -0.2) is 29.8 Å². The van der Waals surface area contributed by atoms with Gasteiger partial charge in [-0.1, -0.05) is 48.0 Å². The van der Waals surface area contributed by atoms with Crippen molar-refractivity contribution in [3.05, 3.63) is 89.2 Å². The lowest BCUT2D eigenvalue weighted by atomic mass is 9.90. The zero-order chi connectivity index (χ0) is 17.5. The highest BCUT2D eigenvalue weighted by molar-refractivity contribution is 6.30. The number of nitrogens with one attached hydrogen (secondary N) is 1. The lowest BCUT2D eigenvalue weighted by Crippen LogP contribution is -2.25. The van der Waals surface area contributed by atoms with Crippen LogP contribution in [0.1, 0.15) is 17.0 Å². The number of hydrogen-bond donors (Lipinski definition) is 2. The predicted octanol–water partition coefficient (Wildman–Crippen LogP) is 4.12. The van der Waals surface area contributed by atoms with Crippen LogP contribution in [0.3, 0.4) is 0 Å². The number of aromatic nitrogens is 1. The van der Waals surface area contributed by atoms with Crippen molar-refractivity contribution in [2.45, 2.75) is 5.92 Å². The minimum absolute atomic E-state index is 0.133. The third-order valence-corrected chi connectivity index (χ3v) is 4.49. The lowest BCUT2D eigenvalue weighted by Gasteiger charge is -2.19. The average Bonchev–Trinajstić information content (AvgIpc) is 2.67. The monoisotopic (exact) mass is 352 g/mol. The maximum absolute atomic E-state index is 9.03. The van der Waals surface area contributed by atoms with Crippen LogP contribution in [0.5, 0.6) is 0 Å². The first-order valence-electron chi connectivity index (χ1n) is 8.35. The lowest BCUT2D eigenvalue weighted by molar-refractivity contribution is 0.292. The number of aliphatic hydroxyl groups is 1. The molecule has 1 atom stereocenters. The molecule has 0 saturated heterocycles. The maximum Gasteiger partial charge on any atom is 0.0555 e. The van der Waals surface area contributed by atoms with Gasteiger partial charge in [-0.05, 0) is 46.5 Å². The summed E-state index contributed by atoms with van der Waals surface area (Å²) in [4.78, 5) is 4.07. The summed E-state index contributed by atoms with van der Waals surface area (Å²) in [5, 5.41) is 13.1. The van der Waals surface area contributed by atoms with Gasteiger partial charge in [0.25, 0.3) is 0 Å². The van der Waals surface area contributed by atoms with E-state index < -0.39 is 0 Å². The summed E-state index contributed by atoms with van der Waals surface area (Å²) < 4.78 is 0. The topological polar surface area (TPSA) is 45.1 Å². The van der Waals surface area contributed by atoms with E-state index in [1.807, 2.05) is 24.3 Å². The second-order valence-electron chi connectivity index (χ2n) is 5.89. The maximum atomic E-state index is 9.03. The van der Waals surface area contributed by atoms with E-state index in [4.69, 9.17) is 16.7 Å². The third kappa shape index (κ3) is 4.67. The standard InChI is InChI=1S/C21H21ClN2O/c22-20-7-5-19(6-8-20)21(15-24-13-14-25)18-3-1-16(2-4-18)17-9-11-23-12-10-17/h1-12,21,24-25H,13-15H2. The number of halogens is 1. The van der Waals surface area contributed by atoms with E-state index in [9.17, 15) is 0 Å². The van der Waals surface area contributed by atoms with Crippen LogP contribution in [0.4, 0.5) is 0 Å². The van der Waals surface area contributed by atoms with Crippen molar-refractivity contribution in [1.82, 2.24) is 10.3 Å². The van der Waals surface area contributed by atoms with Gasteiger partial charge in [-0.2, -0.15) is 0 Å². The summed E-state index contributed by atoms with van der Waals surface area (Å²) in [6.45, 7) is 1.48. The normalized spacial score (nSPS) is 12.1. The van der Waals surface area contributed by atoms with E-state index in [0.717, 1.165) is 17.1 Å². The fourth-order valence-electron chi connectivity index (χ4n) is 2.90. The zero-order valence-corrected chi connectivity index (χ0v) is 14.7. The molecule has 3 aromatic rings. The van der Waals surface area contributed by atoms with E-state index in [1.54, 1.807) is 12.4 Å². The summed E-state index contributed by atoms with van der Waals surface area (Å²) in [7, 11) is 0. The van der Waals surface area contributed by atoms with Crippen molar-refractivity contribution >= 4 is 11.6 Å². The molecule has 0 spiro atoms. The molecule has 0 aliphatic rings. The Morgan fingerprint density at radius 2 is 1.40 bits per heavy atom. The van der Waals surface area contributed by atoms with Crippen molar-refractivity contribution in [3.63, 3.8) is 0 Å². The van der Waals surface area contributed by atoms with E-state index in [0.29, 0.717) is 6.54 Å². The fourth-order valence-corrected chi connectivity index (χ4v) is 3.03. The average molecular weight is 353 g/mol. The van der Waals surface area contributed by atoms with Crippen LogP contribution in [-0.2, 0) is 0 Å². The largest absolute Gasteiger partial charge is 0.395 e. The summed E-state index contributed by atoms with van der Waals surface area (Å²) in [6, 6.07) is 20.6. The van der Waals surface area contributed by atoms with Crippen LogP contribution in [0, 0.1) is 0 Å². The second-order valence-corrected chi connectivity index (χ2v) is 6.33. The predicted molar refractivity (Wildman–Crippen MR) is 103 cm³/mol. The Kier molecular flexibility index (Phi) is 6.18. The molecule has 1 heterocycles. The Labute approximate surface area is 153 Å². The Morgan fingerprint density at radius 3 is 2.00 bits per heavy atom. The minimum atomic E-state index is 0.133. The van der Waals surface area contributed by atoms with Gasteiger partial charge in [-0.15, -0.1) is 0 Å². The molecule has 0 aliphatic carbocycles. The molecule has 0 bridgehead atoms. The number of nitrogens with zero attached hydrogens (tertiary/aromatic N) is 1. The number of benzene rings is 2. The molecule has 1 unspecified atom stereocenters. The molecule has 2 N–H and O–H groups in total. The Balaban J connectivity index is 1.86. The van der Waals surface area contributed by atoms with E-state index >= 15 is 0 Å². The SMILES string of the molecule is OCCNCC(c1ccc(Cl)cc1)c1ccc(-c2ccncc2)cc1. The van der Waals surface area contributed by atoms with Gasteiger partial charge in [0.2, 0.25) is 0 Å². The van der Waals surface area contributed by atoms with Gasteiger partial charge in [0.05, 0.1) is 6.61 Å². The molecular weight excluding hydrogens is 332 g/mol. The third-order valence-electron chi connectivity index (χ3n) is 4.24. The smallest absolute Gasteiger partial charge is 0.0555 e. The van der Waals surface area contributed by atoms with E-state index in [1.165, 1.54) is 16.7 Å². The van der Waals surface area contributed by atoms with Gasteiger partial charge in [0.15, 0.2) is 0 Å². The minimum Gasteiger partial charge on any atom is -0.395 e. The summed E-state index contributed by atoms with van der Waals surface area (Å²) in [5.74, 6) is 0.204. The van der Waals surface area contributed by atoms with Crippen molar-refractivity contribution in [2.75, 3.05) is 19.7 Å². The van der Waals surface area contributed by atoms with Crippen molar-refractivity contribution in [3.8, 4) is 11.1 Å². The molecule has 128 valence electrons. The molecule has 0 fully saturated rings. The molecule has 0 saturated carbocycles. The summed E-state index contributed by atoms with van der Waals surface area (Å²) in [5.41, 5.74) is 4.75. The Hall–Kier alpha value is -2.20. The molecular formula is C21H21ClN2O. The van der Waals surface area contributed by atoms with Gasteiger partial charge >= 0.3 is 0 Å². The van der Waals surface area contributed by atoms with Gasteiger partial charge in [-0.3, -0.25) is 4.98 Å². The molecule has 2 aromatic carbocycles. The number of aliphatic hydroxyl groups excluding tert-OH is 1. The first-order valence-corrected chi connectivity index (χ1v) is 8.73. The van der Waals surface area contributed by atoms with Crippen molar-refractivity contribution in [1.29, 1.82) is 0 Å². The molecule has 0 amide bonds. The summed E-state index contributed by atoms with van der Waals surface area (Å²) in [6.07, 6.45) is 3.61. The Morgan fingerprint density at radius 1 is 0.840 bits per heavy atom. The van der Waals surface area contributed by atoms with Gasteiger partial charge in [0, 0.05) is 36.4 Å². The van der Waals surface area contributed by atoms with Gasteiger partial charge in [-0.25, -0.2) is 0 Å². The van der Waals surface area contributed by atoms with Gasteiger partial charge < -0.3 is 10.4 Å². The Bertz CT molecular complexity index is 773. The van der Waals surface area contributed by atoms with Crippen molar-refractivity contribution in [2.24, 2.45) is 0 Å². The van der Waals surface area contributed by atoms with Crippen LogP contribution < -0.4 is 5.32 Å². The zero-order valence-electron chi connectivity index (χ0n) is 13.9. The summed E-state index contributed by atoms with van der Waals surface area (Å²) >= 11 is 6.02. The van der Waals surface area contributed by atoms with E-state index in [2.05, 4.69) is 46.7 Å². The first-order chi connectivity index (χ1) is 12.3. The molecule has 1 aromatic heterocycles. The van der Waals surface area contributed by atoms with Crippen LogP contribution in [0.2, 0.25) is 5.02 Å². The van der Waals surface area contributed by atoms with Crippen LogP contribution >= 0.6 is 11.6 Å². The number of rotatable bonds is 7. The van der Waals surface area contributed by atoms with Crippen molar-refractivity contribution < 1.29 is 5.11 Å². The molecule has 0 radical (unpaired) electrons. The molecule has 25 heavy (non-hydrogen) atoms. The number of hydrogen-bond acceptors (Lipinski definition) is 3. The molecule has 0 aliphatic heterocycles. The van der Waals surface area contributed by atoms with Crippen LogP contribution in [0.15, 0.2) is 73.1 Å². The molecule has 3 rings (SSSR count). The number of pyridine rings is 1. The van der Waals surface area contributed by atoms with Crippen LogP contribution in [0.25, 0.3) is 11.1 Å². The highest BCUT2D eigenvalue weighted by atomic mass is 35.5. The fraction of sp³-hybridized carbons (Fsp3) is 0.190. The quantitative estimate of drug-likeness (QED) is 0.629. The van der Waals surface area contributed by atoms with Gasteiger partial charge in [0.1, 0.15) is 0 Å². The first kappa shape index (κ1) is 17.6. The molecule has 3 nitrogen and oxygen atoms in total. The second kappa shape index (κ2) is 8.77. The molecule has 4 heteroatoms. The highest BCUT2D eigenvalue weighted by Gasteiger charge is 2.14. The van der Waals surface area contributed by atoms with E-state index in [-0.39, 0.29) is 12.5 Å². The highest BCUT2D eigenvalue weighted by Crippen LogP contribution is 2.28.